The maximum atomic E-state index is 13.0. The second-order valence-electron chi connectivity index (χ2n) is 13.0. The first-order valence-electron chi connectivity index (χ1n) is 16.4. The lowest BCUT2D eigenvalue weighted by atomic mass is 9.89. The summed E-state index contributed by atoms with van der Waals surface area (Å²) in [6.07, 6.45) is 30.2. The minimum Gasteiger partial charge on any atom is -0.462 e. The zero-order valence-electron chi connectivity index (χ0n) is 25.3. The third-order valence-corrected chi connectivity index (χ3v) is 9.40. The van der Waals surface area contributed by atoms with Crippen molar-refractivity contribution in [2.45, 2.75) is 151 Å². The van der Waals surface area contributed by atoms with Crippen LogP contribution >= 0.6 is 0 Å². The van der Waals surface area contributed by atoms with E-state index in [1.165, 1.54) is 51.4 Å². The molecule has 4 spiro atoms. The molecule has 42 heavy (non-hydrogen) atoms. The number of unbranched alkanes of at least 4 members (excludes halogenated alkanes) is 10. The summed E-state index contributed by atoms with van der Waals surface area (Å²) in [5.41, 5.74) is -1.44. The molecule has 5 aliphatic rings. The molecule has 2 aliphatic carbocycles. The fourth-order valence-corrected chi connectivity index (χ4v) is 7.13. The van der Waals surface area contributed by atoms with Gasteiger partial charge >= 0.3 is 5.97 Å². The van der Waals surface area contributed by atoms with Crippen LogP contribution in [0.5, 0.6) is 0 Å². The molecule has 3 aliphatic heterocycles. The summed E-state index contributed by atoms with van der Waals surface area (Å²) in [5.74, 6) is -2.32. The first-order chi connectivity index (χ1) is 20.3. The van der Waals surface area contributed by atoms with Crippen LogP contribution in [0.25, 0.3) is 0 Å². The minimum atomic E-state index is -1.00. The van der Waals surface area contributed by atoms with Gasteiger partial charge in [0.1, 0.15) is 17.3 Å². The highest BCUT2D eigenvalue weighted by atomic mass is 16.8. The van der Waals surface area contributed by atoms with Gasteiger partial charge in [-0.3, -0.25) is 14.4 Å². The lowest BCUT2D eigenvalue weighted by Gasteiger charge is -2.48. The van der Waals surface area contributed by atoms with Crippen molar-refractivity contribution >= 4 is 17.5 Å². The van der Waals surface area contributed by atoms with Crippen molar-refractivity contribution in [2.24, 2.45) is 0 Å². The molecule has 0 aromatic heterocycles. The number of rotatable bonds is 13. The van der Waals surface area contributed by atoms with E-state index in [9.17, 15) is 14.4 Å². The van der Waals surface area contributed by atoms with E-state index in [1.54, 1.807) is 48.6 Å². The Bertz CT molecular complexity index is 1020. The van der Waals surface area contributed by atoms with Gasteiger partial charge in [0.15, 0.2) is 23.1 Å². The van der Waals surface area contributed by atoms with E-state index in [4.69, 9.17) is 18.9 Å². The highest BCUT2D eigenvalue weighted by molar-refractivity contribution is 6.01. The molecule has 7 nitrogen and oxygen atoms in total. The molecule has 3 fully saturated rings. The van der Waals surface area contributed by atoms with Gasteiger partial charge in [-0.1, -0.05) is 71.1 Å². The Morgan fingerprint density at radius 2 is 1.10 bits per heavy atom. The second-order valence-corrected chi connectivity index (χ2v) is 13.0. The summed E-state index contributed by atoms with van der Waals surface area (Å²) in [7, 11) is 0. The number of ether oxygens (including phenoxy) is 4. The number of hydrogen-bond donors (Lipinski definition) is 0. The molecule has 0 aromatic carbocycles. The van der Waals surface area contributed by atoms with E-state index < -0.39 is 28.9 Å². The number of carbonyl (C=O) groups excluding carboxylic acids is 3. The normalized spacial score (nSPS) is 30.5. The first kappa shape index (κ1) is 31.1. The summed E-state index contributed by atoms with van der Waals surface area (Å²) < 4.78 is 26.1. The van der Waals surface area contributed by atoms with E-state index in [2.05, 4.69) is 6.92 Å². The molecule has 2 atom stereocenters. The zero-order valence-corrected chi connectivity index (χ0v) is 25.3. The highest BCUT2D eigenvalue weighted by Gasteiger charge is 2.61. The standard InChI is InChI=1S/C35H48O7/c1-2-3-4-5-6-7-8-9-10-11-12-13-31(38)39-30-26-34(24-22-32(40-34)18-14-28(36)15-19-32)42-35(27-30)25-23-33(41-35)20-16-29(37)17-21-33/h14-21,30H,2-13,22-27H2,1H3. The average Bonchev–Trinajstić information content (AvgIpc) is 3.47. The van der Waals surface area contributed by atoms with Crippen molar-refractivity contribution in [3.8, 4) is 0 Å². The Kier molecular flexibility index (Phi) is 10.0. The summed E-state index contributed by atoms with van der Waals surface area (Å²) in [6.45, 7) is 2.25. The molecule has 0 bridgehead atoms. The monoisotopic (exact) mass is 580 g/mol. The van der Waals surface area contributed by atoms with Gasteiger partial charge in [0, 0.05) is 32.1 Å². The Morgan fingerprint density at radius 1 is 0.667 bits per heavy atom. The third kappa shape index (κ3) is 7.78. The van der Waals surface area contributed by atoms with Crippen molar-refractivity contribution in [3.05, 3.63) is 48.6 Å². The Labute approximate surface area is 250 Å². The molecule has 0 amide bonds. The fraction of sp³-hybridized carbons (Fsp3) is 0.686. The lowest BCUT2D eigenvalue weighted by molar-refractivity contribution is -0.386. The van der Waals surface area contributed by atoms with Crippen molar-refractivity contribution in [2.75, 3.05) is 0 Å². The first-order valence-corrected chi connectivity index (χ1v) is 16.4. The molecule has 2 unspecified atom stereocenters. The number of hydrogen-bond acceptors (Lipinski definition) is 7. The molecule has 7 heteroatoms. The van der Waals surface area contributed by atoms with E-state index in [0.29, 0.717) is 44.9 Å². The molecule has 0 N–H and O–H groups in total. The van der Waals surface area contributed by atoms with Crippen LogP contribution in [0.3, 0.4) is 0 Å². The summed E-state index contributed by atoms with van der Waals surface area (Å²) in [5, 5.41) is 0. The van der Waals surface area contributed by atoms with E-state index in [-0.39, 0.29) is 17.5 Å². The number of carbonyl (C=O) groups is 3. The van der Waals surface area contributed by atoms with Crippen LogP contribution in [0.4, 0.5) is 0 Å². The largest absolute Gasteiger partial charge is 0.462 e. The third-order valence-electron chi connectivity index (χ3n) is 9.40. The average molecular weight is 581 g/mol. The van der Waals surface area contributed by atoms with Gasteiger partial charge in [0.2, 0.25) is 0 Å². The van der Waals surface area contributed by atoms with Gasteiger partial charge in [-0.2, -0.15) is 0 Å². The molecular formula is C35H48O7. The predicted molar refractivity (Wildman–Crippen MR) is 159 cm³/mol. The maximum Gasteiger partial charge on any atom is 0.306 e. The van der Waals surface area contributed by atoms with Crippen LogP contribution in [-0.4, -0.2) is 46.4 Å². The van der Waals surface area contributed by atoms with Gasteiger partial charge in [0.05, 0.1) is 0 Å². The second kappa shape index (κ2) is 13.5. The smallest absolute Gasteiger partial charge is 0.306 e. The molecule has 0 saturated carbocycles. The van der Waals surface area contributed by atoms with Gasteiger partial charge in [0.25, 0.3) is 0 Å². The van der Waals surface area contributed by atoms with Gasteiger partial charge in [-0.15, -0.1) is 0 Å². The Hall–Kier alpha value is -2.35. The summed E-state index contributed by atoms with van der Waals surface area (Å²) in [4.78, 5) is 36.5. The highest BCUT2D eigenvalue weighted by Crippen LogP contribution is 2.55. The van der Waals surface area contributed by atoms with Crippen molar-refractivity contribution < 1.29 is 33.3 Å². The molecular weight excluding hydrogens is 532 g/mol. The predicted octanol–water partition coefficient (Wildman–Crippen LogP) is 7.29. The maximum absolute atomic E-state index is 13.0. The number of allylic oxidation sites excluding steroid dienone is 4. The molecule has 3 heterocycles. The zero-order chi connectivity index (χ0) is 29.5. The van der Waals surface area contributed by atoms with Gasteiger partial charge < -0.3 is 18.9 Å². The van der Waals surface area contributed by atoms with Gasteiger partial charge in [-0.25, -0.2) is 0 Å². The van der Waals surface area contributed by atoms with E-state index in [1.807, 2.05) is 0 Å². The van der Waals surface area contributed by atoms with Crippen molar-refractivity contribution in [1.29, 1.82) is 0 Å². The Balaban J connectivity index is 1.15. The van der Waals surface area contributed by atoms with Crippen LogP contribution in [0.2, 0.25) is 0 Å². The Morgan fingerprint density at radius 3 is 1.55 bits per heavy atom. The van der Waals surface area contributed by atoms with Crippen LogP contribution in [0.1, 0.15) is 122 Å². The van der Waals surface area contributed by atoms with Crippen molar-refractivity contribution in [3.63, 3.8) is 0 Å². The minimum absolute atomic E-state index is 0.0630. The molecule has 0 aromatic rings. The fourth-order valence-electron chi connectivity index (χ4n) is 7.13. The van der Waals surface area contributed by atoms with Crippen LogP contribution < -0.4 is 0 Å². The molecule has 230 valence electrons. The van der Waals surface area contributed by atoms with Crippen molar-refractivity contribution in [1.82, 2.24) is 0 Å². The van der Waals surface area contributed by atoms with Crippen LogP contribution in [0, 0.1) is 0 Å². The summed E-state index contributed by atoms with van der Waals surface area (Å²) in [6, 6.07) is 0. The van der Waals surface area contributed by atoms with E-state index >= 15 is 0 Å². The summed E-state index contributed by atoms with van der Waals surface area (Å²) >= 11 is 0. The topological polar surface area (TPSA) is 88.1 Å². The van der Waals surface area contributed by atoms with Crippen LogP contribution in [0.15, 0.2) is 48.6 Å². The number of ketones is 2. The number of esters is 1. The molecule has 0 radical (unpaired) electrons. The lowest BCUT2D eigenvalue weighted by Crippen LogP contribution is -2.55. The van der Waals surface area contributed by atoms with E-state index in [0.717, 1.165) is 19.3 Å². The molecule has 5 rings (SSSR count). The van der Waals surface area contributed by atoms with Crippen LogP contribution in [-0.2, 0) is 33.3 Å². The molecule has 3 saturated heterocycles. The SMILES string of the molecule is CCCCCCCCCCCCCC(=O)OC1CC2(CCC3(C=CC(=O)C=C3)O2)OC2(CCC3(C=CC(=O)C=C3)O2)C1. The van der Waals surface area contributed by atoms with Gasteiger partial charge in [-0.05, 0) is 67.9 Å². The quantitative estimate of drug-likeness (QED) is 0.167.